The zero-order chi connectivity index (χ0) is 10.7. The van der Waals surface area contributed by atoms with Gasteiger partial charge in [-0.2, -0.15) is 0 Å². The van der Waals surface area contributed by atoms with Crippen molar-refractivity contribution in [2.75, 3.05) is 5.32 Å². The Morgan fingerprint density at radius 2 is 1.87 bits per heavy atom. The molecule has 2 rings (SSSR count). The first-order valence-electron chi connectivity index (χ1n) is 4.45. The molecule has 0 unspecified atom stereocenters. The van der Waals surface area contributed by atoms with Gasteiger partial charge in [-0.25, -0.2) is 0 Å². The Kier molecular flexibility index (Phi) is 3.19. The first-order chi connectivity index (χ1) is 7.24. The number of nitrogens with one attached hydrogen (secondary N) is 1. The van der Waals surface area contributed by atoms with E-state index in [2.05, 4.69) is 5.32 Å². The van der Waals surface area contributed by atoms with Gasteiger partial charge in [0.1, 0.15) is 0 Å². The number of hydrogen-bond donors (Lipinski definition) is 1. The lowest BCUT2D eigenvalue weighted by Gasteiger charge is -2.05. The van der Waals surface area contributed by atoms with E-state index in [0.29, 0.717) is 16.6 Å². The van der Waals surface area contributed by atoms with Crippen LogP contribution >= 0.6 is 23.2 Å². The van der Waals surface area contributed by atoms with Crippen LogP contribution < -0.4 is 5.32 Å². The number of rotatable bonds is 3. The minimum Gasteiger partial charge on any atom is -0.472 e. The van der Waals surface area contributed by atoms with Crippen LogP contribution in [0.15, 0.2) is 41.2 Å². The van der Waals surface area contributed by atoms with Crippen LogP contribution in [0.2, 0.25) is 10.0 Å². The third kappa shape index (κ3) is 2.91. The van der Waals surface area contributed by atoms with Gasteiger partial charge in [-0.15, -0.1) is 0 Å². The van der Waals surface area contributed by atoms with E-state index in [4.69, 9.17) is 27.6 Å². The van der Waals surface area contributed by atoms with E-state index < -0.39 is 0 Å². The van der Waals surface area contributed by atoms with Crippen molar-refractivity contribution in [1.29, 1.82) is 0 Å². The summed E-state index contributed by atoms with van der Waals surface area (Å²) < 4.78 is 4.96. The molecule has 0 saturated heterocycles. The molecule has 1 heterocycles. The largest absolute Gasteiger partial charge is 0.472 e. The highest BCUT2D eigenvalue weighted by Crippen LogP contribution is 2.22. The molecule has 0 aliphatic carbocycles. The maximum atomic E-state index is 5.87. The van der Waals surface area contributed by atoms with Gasteiger partial charge in [-0.1, -0.05) is 23.2 Å². The normalized spacial score (nSPS) is 10.3. The maximum absolute atomic E-state index is 5.87. The highest BCUT2D eigenvalue weighted by Gasteiger charge is 1.98. The Morgan fingerprint density at radius 1 is 1.13 bits per heavy atom. The van der Waals surface area contributed by atoms with Crippen molar-refractivity contribution < 1.29 is 4.42 Å². The van der Waals surface area contributed by atoms with E-state index in [0.717, 1.165) is 11.3 Å². The standard InChI is InChI=1S/C11H9Cl2NO/c12-9-3-10(13)5-11(4-9)14-6-8-1-2-15-7-8/h1-5,7,14H,6H2. The molecule has 0 bridgehead atoms. The van der Waals surface area contributed by atoms with Crippen LogP contribution in [-0.2, 0) is 6.54 Å². The van der Waals surface area contributed by atoms with E-state index in [1.807, 2.05) is 18.2 Å². The summed E-state index contributed by atoms with van der Waals surface area (Å²) in [6.45, 7) is 0.688. The van der Waals surface area contributed by atoms with E-state index in [1.54, 1.807) is 18.6 Å². The average Bonchev–Trinajstić information content (AvgIpc) is 2.65. The van der Waals surface area contributed by atoms with Crippen LogP contribution in [0.1, 0.15) is 5.56 Å². The fourth-order valence-electron chi connectivity index (χ4n) is 1.25. The lowest BCUT2D eigenvalue weighted by Crippen LogP contribution is -1.97. The fourth-order valence-corrected chi connectivity index (χ4v) is 1.78. The molecular formula is C11H9Cl2NO. The molecule has 0 saturated carbocycles. The summed E-state index contributed by atoms with van der Waals surface area (Å²) in [5.74, 6) is 0. The summed E-state index contributed by atoms with van der Waals surface area (Å²) in [5, 5.41) is 4.44. The summed E-state index contributed by atoms with van der Waals surface area (Å²) in [5.41, 5.74) is 1.97. The lowest BCUT2D eigenvalue weighted by molar-refractivity contribution is 0.564. The van der Waals surface area contributed by atoms with Crippen LogP contribution in [-0.4, -0.2) is 0 Å². The molecule has 4 heteroatoms. The summed E-state index contributed by atoms with van der Waals surface area (Å²) in [7, 11) is 0. The SMILES string of the molecule is Clc1cc(Cl)cc(NCc2ccoc2)c1. The van der Waals surface area contributed by atoms with Crippen molar-refractivity contribution in [3.8, 4) is 0 Å². The lowest BCUT2D eigenvalue weighted by atomic mass is 10.3. The molecule has 78 valence electrons. The molecule has 0 radical (unpaired) electrons. The van der Waals surface area contributed by atoms with E-state index >= 15 is 0 Å². The van der Waals surface area contributed by atoms with Gasteiger partial charge in [0.25, 0.3) is 0 Å². The van der Waals surface area contributed by atoms with Crippen molar-refractivity contribution in [2.45, 2.75) is 6.54 Å². The van der Waals surface area contributed by atoms with Crippen LogP contribution in [0.3, 0.4) is 0 Å². The Labute approximate surface area is 97.8 Å². The monoisotopic (exact) mass is 241 g/mol. The first-order valence-corrected chi connectivity index (χ1v) is 5.21. The Morgan fingerprint density at radius 3 is 2.47 bits per heavy atom. The molecule has 1 aromatic heterocycles. The Balaban J connectivity index is 2.05. The van der Waals surface area contributed by atoms with Gasteiger partial charge >= 0.3 is 0 Å². The summed E-state index contributed by atoms with van der Waals surface area (Å²) in [6, 6.07) is 7.26. The van der Waals surface area contributed by atoms with Crippen molar-refractivity contribution in [1.82, 2.24) is 0 Å². The quantitative estimate of drug-likeness (QED) is 0.872. The van der Waals surface area contributed by atoms with Crippen LogP contribution in [0, 0.1) is 0 Å². The molecule has 0 fully saturated rings. The van der Waals surface area contributed by atoms with Crippen LogP contribution in [0.4, 0.5) is 5.69 Å². The highest BCUT2D eigenvalue weighted by molar-refractivity contribution is 6.35. The predicted octanol–water partition coefficient (Wildman–Crippen LogP) is 4.20. The second-order valence-electron chi connectivity index (χ2n) is 3.14. The van der Waals surface area contributed by atoms with Crippen LogP contribution in [0.5, 0.6) is 0 Å². The van der Waals surface area contributed by atoms with Gasteiger partial charge in [0.05, 0.1) is 12.5 Å². The number of halogens is 2. The summed E-state index contributed by atoms with van der Waals surface area (Å²) >= 11 is 11.7. The molecule has 1 aromatic carbocycles. The number of hydrogen-bond acceptors (Lipinski definition) is 2. The number of benzene rings is 1. The minimum absolute atomic E-state index is 0.622. The maximum Gasteiger partial charge on any atom is 0.0952 e. The van der Waals surface area contributed by atoms with Gasteiger partial charge in [0.15, 0.2) is 0 Å². The Hall–Kier alpha value is -1.12. The summed E-state index contributed by atoms with van der Waals surface area (Å²) in [4.78, 5) is 0. The van der Waals surface area contributed by atoms with Crippen LogP contribution in [0.25, 0.3) is 0 Å². The van der Waals surface area contributed by atoms with Crippen molar-refractivity contribution in [2.24, 2.45) is 0 Å². The molecule has 0 aliphatic heterocycles. The molecule has 2 aromatic rings. The van der Waals surface area contributed by atoms with Gasteiger partial charge in [-0.05, 0) is 24.3 Å². The third-order valence-electron chi connectivity index (χ3n) is 1.94. The van der Waals surface area contributed by atoms with Gasteiger partial charge in [0.2, 0.25) is 0 Å². The zero-order valence-corrected chi connectivity index (χ0v) is 9.35. The second-order valence-corrected chi connectivity index (χ2v) is 4.02. The van der Waals surface area contributed by atoms with Crippen molar-refractivity contribution in [3.05, 3.63) is 52.4 Å². The highest BCUT2D eigenvalue weighted by atomic mass is 35.5. The first kappa shape index (κ1) is 10.4. The van der Waals surface area contributed by atoms with E-state index in [9.17, 15) is 0 Å². The molecule has 2 nitrogen and oxygen atoms in total. The number of anilines is 1. The smallest absolute Gasteiger partial charge is 0.0952 e. The van der Waals surface area contributed by atoms with E-state index in [1.165, 1.54) is 0 Å². The second kappa shape index (κ2) is 4.60. The summed E-state index contributed by atoms with van der Waals surface area (Å²) in [6.07, 6.45) is 3.33. The molecule has 0 atom stereocenters. The molecular weight excluding hydrogens is 233 g/mol. The molecule has 0 amide bonds. The Bertz CT molecular complexity index is 420. The van der Waals surface area contributed by atoms with E-state index in [-0.39, 0.29) is 0 Å². The predicted molar refractivity (Wildman–Crippen MR) is 62.5 cm³/mol. The minimum atomic E-state index is 0.622. The molecule has 0 spiro atoms. The molecule has 0 aliphatic rings. The van der Waals surface area contributed by atoms with Crippen molar-refractivity contribution >= 4 is 28.9 Å². The third-order valence-corrected chi connectivity index (χ3v) is 2.38. The fraction of sp³-hybridized carbons (Fsp3) is 0.0909. The van der Waals surface area contributed by atoms with Gasteiger partial charge in [0, 0.05) is 27.8 Å². The topological polar surface area (TPSA) is 25.2 Å². The van der Waals surface area contributed by atoms with Gasteiger partial charge in [-0.3, -0.25) is 0 Å². The molecule has 15 heavy (non-hydrogen) atoms. The number of furan rings is 1. The van der Waals surface area contributed by atoms with Crippen molar-refractivity contribution in [3.63, 3.8) is 0 Å². The molecule has 1 N–H and O–H groups in total. The average molecular weight is 242 g/mol. The zero-order valence-electron chi connectivity index (χ0n) is 7.84. The van der Waals surface area contributed by atoms with Gasteiger partial charge < -0.3 is 9.73 Å².